The lowest BCUT2D eigenvalue weighted by Crippen LogP contribution is -2.04. The van der Waals surface area contributed by atoms with Crippen molar-refractivity contribution in [3.8, 4) is 11.8 Å². The van der Waals surface area contributed by atoms with Crippen molar-refractivity contribution in [1.29, 1.82) is 5.26 Å². The topological polar surface area (TPSA) is 88.1 Å². The Labute approximate surface area is 109 Å². The molecule has 2 aromatic rings. The number of nitriles is 1. The van der Waals surface area contributed by atoms with Gasteiger partial charge in [0.2, 0.25) is 0 Å². The van der Waals surface area contributed by atoms with Crippen LogP contribution in [0.25, 0.3) is 0 Å². The van der Waals surface area contributed by atoms with Gasteiger partial charge in [0.1, 0.15) is 11.8 Å². The molecule has 0 bridgehead atoms. The van der Waals surface area contributed by atoms with Crippen molar-refractivity contribution in [3.63, 3.8) is 0 Å². The summed E-state index contributed by atoms with van der Waals surface area (Å²) in [5.74, 6) is -0.552. The first-order chi connectivity index (χ1) is 9.13. The van der Waals surface area contributed by atoms with Crippen molar-refractivity contribution in [2.45, 2.75) is 6.54 Å². The summed E-state index contributed by atoms with van der Waals surface area (Å²) in [7, 11) is 1.50. The van der Waals surface area contributed by atoms with Crippen LogP contribution in [0.5, 0.6) is 5.75 Å². The van der Waals surface area contributed by atoms with Gasteiger partial charge in [0, 0.05) is 6.20 Å². The molecule has 0 unspecified atom stereocenters. The fraction of sp³-hybridized carbons (Fsp3) is 0.154. The highest BCUT2D eigenvalue weighted by Gasteiger charge is 2.08. The smallest absolute Gasteiger partial charge is 0.356 e. The molecule has 96 valence electrons. The van der Waals surface area contributed by atoms with Gasteiger partial charge in [0.05, 0.1) is 19.2 Å². The third-order valence-electron chi connectivity index (χ3n) is 2.59. The molecule has 1 aromatic heterocycles. The first-order valence-electron chi connectivity index (χ1n) is 5.48. The summed E-state index contributed by atoms with van der Waals surface area (Å²) in [6, 6.07) is 8.68. The van der Waals surface area contributed by atoms with Crippen molar-refractivity contribution in [2.75, 3.05) is 7.11 Å². The second-order valence-corrected chi connectivity index (χ2v) is 3.85. The van der Waals surface area contributed by atoms with Crippen LogP contribution in [0.2, 0.25) is 0 Å². The van der Waals surface area contributed by atoms with E-state index in [0.29, 0.717) is 17.9 Å². The molecule has 6 heteroatoms. The number of carbonyl (C=O) groups is 1. The second-order valence-electron chi connectivity index (χ2n) is 3.85. The normalized spacial score (nSPS) is 9.89. The zero-order valence-corrected chi connectivity index (χ0v) is 10.2. The van der Waals surface area contributed by atoms with Crippen LogP contribution >= 0.6 is 0 Å². The zero-order chi connectivity index (χ0) is 13.8. The minimum Gasteiger partial charge on any atom is -0.495 e. The molecule has 0 aliphatic heterocycles. The van der Waals surface area contributed by atoms with Crippen LogP contribution in [-0.2, 0) is 6.54 Å². The van der Waals surface area contributed by atoms with Gasteiger partial charge in [0.15, 0.2) is 5.69 Å². The summed E-state index contributed by atoms with van der Waals surface area (Å²) in [4.78, 5) is 10.7. The summed E-state index contributed by atoms with van der Waals surface area (Å²) < 4.78 is 6.56. The third-order valence-corrected chi connectivity index (χ3v) is 2.59. The number of carboxylic acid groups (broad SMARTS) is 1. The molecule has 0 fully saturated rings. The molecule has 0 spiro atoms. The van der Waals surface area contributed by atoms with E-state index in [1.54, 1.807) is 18.3 Å². The van der Waals surface area contributed by atoms with Crippen molar-refractivity contribution >= 4 is 5.97 Å². The molecule has 19 heavy (non-hydrogen) atoms. The van der Waals surface area contributed by atoms with Crippen molar-refractivity contribution < 1.29 is 14.6 Å². The van der Waals surface area contributed by atoms with Crippen molar-refractivity contribution in [3.05, 3.63) is 47.3 Å². The standard InChI is InChI=1S/C13H11N3O3/c1-19-12-3-2-9(6-10(12)7-14)8-16-5-4-11(15-16)13(17)18/h2-6H,8H2,1H3,(H,17,18). The van der Waals surface area contributed by atoms with E-state index in [1.165, 1.54) is 17.9 Å². The van der Waals surface area contributed by atoms with Crippen LogP contribution in [0.1, 0.15) is 21.6 Å². The summed E-state index contributed by atoms with van der Waals surface area (Å²) in [6.45, 7) is 0.395. The highest BCUT2D eigenvalue weighted by Crippen LogP contribution is 2.19. The van der Waals surface area contributed by atoms with Gasteiger partial charge in [-0.1, -0.05) is 6.07 Å². The Hall–Kier alpha value is -2.81. The van der Waals surface area contributed by atoms with Gasteiger partial charge in [-0.15, -0.1) is 0 Å². The van der Waals surface area contributed by atoms with Gasteiger partial charge in [-0.05, 0) is 23.8 Å². The number of methoxy groups -OCH3 is 1. The number of benzene rings is 1. The number of nitrogens with zero attached hydrogens (tertiary/aromatic N) is 3. The van der Waals surface area contributed by atoms with Gasteiger partial charge in [0.25, 0.3) is 0 Å². The summed E-state index contributed by atoms with van der Waals surface area (Å²) in [5.41, 5.74) is 1.28. The number of ether oxygens (including phenoxy) is 1. The first-order valence-corrected chi connectivity index (χ1v) is 5.48. The number of rotatable bonds is 4. The molecule has 0 saturated carbocycles. The Morgan fingerprint density at radius 1 is 1.53 bits per heavy atom. The molecular weight excluding hydrogens is 246 g/mol. The Bertz CT molecular complexity index is 655. The van der Waals surface area contributed by atoms with Gasteiger partial charge in [-0.25, -0.2) is 4.79 Å². The van der Waals surface area contributed by atoms with E-state index in [2.05, 4.69) is 5.10 Å². The Morgan fingerprint density at radius 3 is 2.89 bits per heavy atom. The average Bonchev–Trinajstić information content (AvgIpc) is 2.87. The maximum Gasteiger partial charge on any atom is 0.356 e. The third kappa shape index (κ3) is 2.72. The average molecular weight is 257 g/mol. The predicted molar refractivity (Wildman–Crippen MR) is 66.0 cm³/mol. The van der Waals surface area contributed by atoms with E-state index >= 15 is 0 Å². The molecule has 2 rings (SSSR count). The maximum atomic E-state index is 10.7. The van der Waals surface area contributed by atoms with E-state index in [4.69, 9.17) is 15.1 Å². The monoisotopic (exact) mass is 257 g/mol. The largest absolute Gasteiger partial charge is 0.495 e. The fourth-order valence-corrected chi connectivity index (χ4v) is 1.69. The van der Waals surface area contributed by atoms with Crippen molar-refractivity contribution in [1.82, 2.24) is 9.78 Å². The highest BCUT2D eigenvalue weighted by molar-refractivity contribution is 5.85. The number of aromatic carboxylic acids is 1. The van der Waals surface area contributed by atoms with Crippen LogP contribution < -0.4 is 4.74 Å². The zero-order valence-electron chi connectivity index (χ0n) is 10.2. The van der Waals surface area contributed by atoms with Crippen LogP contribution in [0, 0.1) is 11.3 Å². The molecule has 0 aliphatic carbocycles. The second kappa shape index (κ2) is 5.23. The van der Waals surface area contributed by atoms with E-state index < -0.39 is 5.97 Å². The number of hydrogen-bond donors (Lipinski definition) is 1. The molecule has 0 saturated heterocycles. The van der Waals surface area contributed by atoms with E-state index in [9.17, 15) is 4.79 Å². The molecule has 0 atom stereocenters. The minimum absolute atomic E-state index is 0.00554. The highest BCUT2D eigenvalue weighted by atomic mass is 16.5. The van der Waals surface area contributed by atoms with E-state index in [-0.39, 0.29) is 5.69 Å². The predicted octanol–water partition coefficient (Wildman–Crippen LogP) is 1.51. The quantitative estimate of drug-likeness (QED) is 0.896. The van der Waals surface area contributed by atoms with Crippen LogP contribution in [0.3, 0.4) is 0 Å². The van der Waals surface area contributed by atoms with Crippen LogP contribution in [0.15, 0.2) is 30.5 Å². The number of hydrogen-bond acceptors (Lipinski definition) is 4. The molecule has 6 nitrogen and oxygen atoms in total. The fourth-order valence-electron chi connectivity index (χ4n) is 1.69. The molecule has 0 radical (unpaired) electrons. The molecular formula is C13H11N3O3. The Kier molecular flexibility index (Phi) is 3.48. The van der Waals surface area contributed by atoms with Gasteiger partial charge < -0.3 is 9.84 Å². The van der Waals surface area contributed by atoms with E-state index in [1.807, 2.05) is 12.1 Å². The van der Waals surface area contributed by atoms with Crippen LogP contribution in [-0.4, -0.2) is 28.0 Å². The van der Waals surface area contributed by atoms with Gasteiger partial charge >= 0.3 is 5.97 Å². The van der Waals surface area contributed by atoms with E-state index in [0.717, 1.165) is 5.56 Å². The van der Waals surface area contributed by atoms with Crippen molar-refractivity contribution in [2.24, 2.45) is 0 Å². The summed E-state index contributed by atoms with van der Waals surface area (Å²) in [5, 5.41) is 21.7. The Balaban J connectivity index is 2.23. The Morgan fingerprint density at radius 2 is 2.32 bits per heavy atom. The van der Waals surface area contributed by atoms with Crippen LogP contribution in [0.4, 0.5) is 0 Å². The molecule has 1 aromatic carbocycles. The lowest BCUT2D eigenvalue weighted by Gasteiger charge is -2.06. The number of carboxylic acids is 1. The van der Waals surface area contributed by atoms with Gasteiger partial charge in [-0.2, -0.15) is 10.4 Å². The molecule has 0 amide bonds. The summed E-state index contributed by atoms with van der Waals surface area (Å²) in [6.07, 6.45) is 1.58. The van der Waals surface area contributed by atoms with Gasteiger partial charge in [-0.3, -0.25) is 4.68 Å². The SMILES string of the molecule is COc1ccc(Cn2ccc(C(=O)O)n2)cc1C#N. The minimum atomic E-state index is -1.06. The summed E-state index contributed by atoms with van der Waals surface area (Å²) >= 11 is 0. The molecule has 1 N–H and O–H groups in total. The molecule has 1 heterocycles. The first kappa shape index (κ1) is 12.6. The number of aromatic nitrogens is 2. The lowest BCUT2D eigenvalue weighted by atomic mass is 10.1. The maximum absolute atomic E-state index is 10.7. The molecule has 0 aliphatic rings. The lowest BCUT2D eigenvalue weighted by molar-refractivity contribution is 0.0689.